The van der Waals surface area contributed by atoms with Crippen LogP contribution in [0.2, 0.25) is 0 Å². The Labute approximate surface area is 121 Å². The lowest BCUT2D eigenvalue weighted by Gasteiger charge is -2.17. The third-order valence-corrected chi connectivity index (χ3v) is 3.12. The highest BCUT2D eigenvalue weighted by Gasteiger charge is 2.20. The van der Waals surface area contributed by atoms with E-state index in [0.717, 1.165) is 0 Å². The molecule has 21 heavy (non-hydrogen) atoms. The average molecular weight is 291 g/mol. The van der Waals surface area contributed by atoms with E-state index in [4.69, 9.17) is 0 Å². The Morgan fingerprint density at radius 1 is 1.14 bits per heavy atom. The van der Waals surface area contributed by atoms with E-state index in [1.165, 1.54) is 30.3 Å². The quantitative estimate of drug-likeness (QED) is 0.900. The fourth-order valence-electron chi connectivity index (χ4n) is 2.12. The van der Waals surface area contributed by atoms with Gasteiger partial charge < -0.3 is 10.4 Å². The first-order chi connectivity index (χ1) is 9.86. The van der Waals surface area contributed by atoms with Crippen LogP contribution in [-0.2, 0) is 4.79 Å². The number of nitrogens with one attached hydrogen (secondary N) is 1. The number of rotatable bonds is 4. The normalized spacial score (nSPS) is 12.0. The molecule has 0 amide bonds. The zero-order valence-corrected chi connectivity index (χ0v) is 11.7. The summed E-state index contributed by atoms with van der Waals surface area (Å²) in [5.74, 6) is -1.97. The van der Waals surface area contributed by atoms with Gasteiger partial charge in [0, 0.05) is 5.69 Å². The van der Waals surface area contributed by atoms with Crippen molar-refractivity contribution in [2.75, 3.05) is 5.32 Å². The molecule has 0 aliphatic carbocycles. The molecule has 0 spiro atoms. The van der Waals surface area contributed by atoms with Crippen LogP contribution in [0, 0.1) is 25.5 Å². The van der Waals surface area contributed by atoms with Crippen LogP contribution in [0.5, 0.6) is 0 Å². The molecule has 0 aliphatic heterocycles. The summed E-state index contributed by atoms with van der Waals surface area (Å²) in [6, 6.07) is 7.23. The van der Waals surface area contributed by atoms with Gasteiger partial charge in [-0.05, 0) is 54.8 Å². The molecule has 1 atom stereocenters. The van der Waals surface area contributed by atoms with Crippen molar-refractivity contribution in [2.45, 2.75) is 19.9 Å². The molecule has 2 N–H and O–H groups in total. The van der Waals surface area contributed by atoms with Gasteiger partial charge in [0.1, 0.15) is 11.6 Å². The zero-order valence-electron chi connectivity index (χ0n) is 11.7. The molecule has 0 heterocycles. The molecular weight excluding hydrogens is 276 g/mol. The third kappa shape index (κ3) is 3.56. The van der Waals surface area contributed by atoms with Gasteiger partial charge in [-0.2, -0.15) is 0 Å². The number of aryl methyl sites for hydroxylation is 2. The largest absolute Gasteiger partial charge is 0.479 e. The molecule has 110 valence electrons. The second kappa shape index (κ2) is 5.91. The van der Waals surface area contributed by atoms with Crippen molar-refractivity contribution in [3.8, 4) is 0 Å². The van der Waals surface area contributed by atoms with E-state index in [2.05, 4.69) is 5.32 Å². The van der Waals surface area contributed by atoms with Gasteiger partial charge in [0.2, 0.25) is 0 Å². The highest BCUT2D eigenvalue weighted by Crippen LogP contribution is 2.23. The van der Waals surface area contributed by atoms with Crippen LogP contribution in [0.3, 0.4) is 0 Å². The molecule has 0 bridgehead atoms. The molecule has 2 aromatic rings. The summed E-state index contributed by atoms with van der Waals surface area (Å²) < 4.78 is 26.6. The number of hydrogen-bond donors (Lipinski definition) is 2. The predicted molar refractivity (Wildman–Crippen MR) is 76.3 cm³/mol. The molecule has 0 aliphatic rings. The van der Waals surface area contributed by atoms with Crippen molar-refractivity contribution in [1.29, 1.82) is 0 Å². The van der Waals surface area contributed by atoms with E-state index < -0.39 is 23.6 Å². The standard InChI is InChI=1S/C16H15F2NO2/c1-9-5-12(17)8-13(6-9)19-15(16(20)21)11-3-4-14(18)10(2)7-11/h3-8,15,19H,1-2H3,(H,20,21). The van der Waals surface area contributed by atoms with Crippen LogP contribution in [0.15, 0.2) is 36.4 Å². The second-order valence-electron chi connectivity index (χ2n) is 4.94. The fourth-order valence-corrected chi connectivity index (χ4v) is 2.12. The van der Waals surface area contributed by atoms with Gasteiger partial charge in [-0.25, -0.2) is 13.6 Å². The number of carboxylic acid groups (broad SMARTS) is 1. The topological polar surface area (TPSA) is 49.3 Å². The van der Waals surface area contributed by atoms with Gasteiger partial charge in [0.15, 0.2) is 6.04 Å². The van der Waals surface area contributed by atoms with Crippen molar-refractivity contribution in [2.24, 2.45) is 0 Å². The first kappa shape index (κ1) is 15.0. The average Bonchev–Trinajstić information content (AvgIpc) is 2.38. The number of carbonyl (C=O) groups is 1. The first-order valence-electron chi connectivity index (χ1n) is 6.39. The zero-order chi connectivity index (χ0) is 15.6. The lowest BCUT2D eigenvalue weighted by Crippen LogP contribution is -2.20. The molecular formula is C16H15F2NO2. The molecule has 1 unspecified atom stereocenters. The van der Waals surface area contributed by atoms with Gasteiger partial charge in [-0.1, -0.05) is 12.1 Å². The minimum Gasteiger partial charge on any atom is -0.479 e. The minimum atomic E-state index is -1.12. The van der Waals surface area contributed by atoms with Crippen molar-refractivity contribution in [1.82, 2.24) is 0 Å². The molecule has 0 radical (unpaired) electrons. The maximum atomic E-state index is 13.4. The van der Waals surface area contributed by atoms with E-state index >= 15 is 0 Å². The van der Waals surface area contributed by atoms with Gasteiger partial charge in [0.05, 0.1) is 0 Å². The maximum Gasteiger partial charge on any atom is 0.330 e. The minimum absolute atomic E-state index is 0.357. The molecule has 2 rings (SSSR count). The van der Waals surface area contributed by atoms with Crippen molar-refractivity contribution in [3.63, 3.8) is 0 Å². The Hall–Kier alpha value is -2.43. The van der Waals surface area contributed by atoms with E-state index in [0.29, 0.717) is 22.4 Å². The molecule has 0 saturated carbocycles. The Kier molecular flexibility index (Phi) is 4.21. The van der Waals surface area contributed by atoms with Crippen LogP contribution in [0.25, 0.3) is 0 Å². The summed E-state index contributed by atoms with van der Waals surface area (Å²) in [6.45, 7) is 3.27. The first-order valence-corrected chi connectivity index (χ1v) is 6.39. The monoisotopic (exact) mass is 291 g/mol. The van der Waals surface area contributed by atoms with Crippen LogP contribution in [0.4, 0.5) is 14.5 Å². The Morgan fingerprint density at radius 3 is 2.43 bits per heavy atom. The summed E-state index contributed by atoms with van der Waals surface area (Å²) in [7, 11) is 0. The van der Waals surface area contributed by atoms with Gasteiger partial charge in [0.25, 0.3) is 0 Å². The number of anilines is 1. The van der Waals surface area contributed by atoms with Crippen molar-refractivity contribution < 1.29 is 18.7 Å². The van der Waals surface area contributed by atoms with Gasteiger partial charge in [-0.15, -0.1) is 0 Å². The van der Waals surface area contributed by atoms with Crippen molar-refractivity contribution in [3.05, 3.63) is 64.7 Å². The summed E-state index contributed by atoms with van der Waals surface area (Å²) in [5.41, 5.74) is 1.80. The lowest BCUT2D eigenvalue weighted by molar-refractivity contribution is -0.138. The third-order valence-electron chi connectivity index (χ3n) is 3.12. The van der Waals surface area contributed by atoms with Gasteiger partial charge in [-0.3, -0.25) is 0 Å². The summed E-state index contributed by atoms with van der Waals surface area (Å²) in [6.07, 6.45) is 0. The molecule has 5 heteroatoms. The number of carboxylic acids is 1. The lowest BCUT2D eigenvalue weighted by atomic mass is 10.0. The van der Waals surface area contributed by atoms with E-state index in [9.17, 15) is 18.7 Å². The molecule has 0 fully saturated rings. The highest BCUT2D eigenvalue weighted by atomic mass is 19.1. The Morgan fingerprint density at radius 2 is 1.86 bits per heavy atom. The highest BCUT2D eigenvalue weighted by molar-refractivity contribution is 5.79. The van der Waals surface area contributed by atoms with Crippen molar-refractivity contribution >= 4 is 11.7 Å². The van der Waals surface area contributed by atoms with Crippen LogP contribution in [0.1, 0.15) is 22.7 Å². The van der Waals surface area contributed by atoms with Gasteiger partial charge >= 0.3 is 5.97 Å². The maximum absolute atomic E-state index is 13.4. The van der Waals surface area contributed by atoms with Crippen LogP contribution >= 0.6 is 0 Å². The van der Waals surface area contributed by atoms with E-state index in [1.54, 1.807) is 19.9 Å². The summed E-state index contributed by atoms with van der Waals surface area (Å²) >= 11 is 0. The molecule has 3 nitrogen and oxygen atoms in total. The SMILES string of the molecule is Cc1cc(F)cc(NC(C(=O)O)c2ccc(F)c(C)c2)c1. The Balaban J connectivity index is 2.35. The van der Waals surface area contributed by atoms with Crippen LogP contribution < -0.4 is 5.32 Å². The second-order valence-corrected chi connectivity index (χ2v) is 4.94. The number of halogens is 2. The molecule has 0 aromatic heterocycles. The summed E-state index contributed by atoms with van der Waals surface area (Å²) in [5, 5.41) is 12.1. The molecule has 2 aromatic carbocycles. The number of aliphatic carboxylic acids is 1. The molecule has 0 saturated heterocycles. The fraction of sp³-hybridized carbons (Fsp3) is 0.188. The number of hydrogen-bond acceptors (Lipinski definition) is 2. The number of benzene rings is 2. The summed E-state index contributed by atoms with van der Waals surface area (Å²) in [4.78, 5) is 11.4. The van der Waals surface area contributed by atoms with E-state index in [1.807, 2.05) is 0 Å². The van der Waals surface area contributed by atoms with E-state index in [-0.39, 0.29) is 0 Å². The smallest absolute Gasteiger partial charge is 0.330 e. The predicted octanol–water partition coefficient (Wildman–Crippen LogP) is 3.82. The Bertz CT molecular complexity index is 666. The van der Waals surface area contributed by atoms with Crippen LogP contribution in [-0.4, -0.2) is 11.1 Å².